The zero-order valence-corrected chi connectivity index (χ0v) is 34.7. The van der Waals surface area contributed by atoms with E-state index in [1.165, 1.54) is 17.0 Å². The third-order valence-electron chi connectivity index (χ3n) is 12.1. The summed E-state index contributed by atoms with van der Waals surface area (Å²) in [5.74, 6) is -1.52. The molecular weight excluding hydrogens is 748 g/mol. The molecule has 2 amide bonds. The number of hydrogen-bond donors (Lipinski definition) is 4. The Morgan fingerprint density at radius 1 is 0.931 bits per heavy atom. The third-order valence-corrected chi connectivity index (χ3v) is 17.1. The zero-order chi connectivity index (χ0) is 41.2. The lowest BCUT2D eigenvalue weighted by Gasteiger charge is -2.46. The van der Waals surface area contributed by atoms with Gasteiger partial charge in [0.05, 0.1) is 30.2 Å². The highest BCUT2D eigenvalue weighted by Gasteiger charge is 2.58. The lowest BCUT2D eigenvalue weighted by atomic mass is 9.58. The van der Waals surface area contributed by atoms with Crippen LogP contribution in [0.2, 0.25) is 11.4 Å². The van der Waals surface area contributed by atoms with Crippen molar-refractivity contribution in [1.29, 1.82) is 0 Å². The zero-order valence-electron chi connectivity index (χ0n) is 33.7. The molecule has 58 heavy (non-hydrogen) atoms. The predicted octanol–water partition coefficient (Wildman–Crippen LogP) is 4.99. The Morgan fingerprint density at radius 2 is 1.62 bits per heavy atom. The van der Waals surface area contributed by atoms with Crippen LogP contribution in [0.25, 0.3) is 6.08 Å². The van der Waals surface area contributed by atoms with E-state index in [0.29, 0.717) is 24.4 Å². The summed E-state index contributed by atoms with van der Waals surface area (Å²) >= 11 is 0. The second-order valence-corrected chi connectivity index (χ2v) is 21.1. The van der Waals surface area contributed by atoms with Crippen molar-refractivity contribution in [3.8, 4) is 0 Å². The topological polar surface area (TPSA) is 150 Å². The van der Waals surface area contributed by atoms with Gasteiger partial charge in [0, 0.05) is 0 Å². The molecule has 3 aliphatic rings. The highest BCUT2D eigenvalue weighted by atomic mass is 28.4. The Kier molecular flexibility index (Phi) is 12.6. The first-order valence-corrected chi connectivity index (χ1v) is 22.3. The number of carbonyl (C=O) groups is 2. The number of benzene rings is 3. The molecule has 4 N–H and O–H groups in total. The second kappa shape index (κ2) is 17.5. The van der Waals surface area contributed by atoms with Crippen molar-refractivity contribution < 1.29 is 43.3 Å². The van der Waals surface area contributed by atoms with Crippen LogP contribution in [0.3, 0.4) is 0 Å². The van der Waals surface area contributed by atoms with Crippen LogP contribution in [-0.2, 0) is 25.3 Å². The van der Waals surface area contributed by atoms with E-state index in [2.05, 4.69) is 52.0 Å². The fourth-order valence-electron chi connectivity index (χ4n) is 9.60. The smallest absolute Gasteiger partial charge is 0.459 e. The molecule has 302 valence electrons. The van der Waals surface area contributed by atoms with Gasteiger partial charge >= 0.3 is 14.2 Å². The van der Waals surface area contributed by atoms with Crippen molar-refractivity contribution in [3.05, 3.63) is 125 Å². The van der Waals surface area contributed by atoms with Gasteiger partial charge in [-0.1, -0.05) is 112 Å². The lowest BCUT2D eigenvalue weighted by molar-refractivity contribution is -0.122. The maximum atomic E-state index is 14.6. The van der Waals surface area contributed by atoms with Gasteiger partial charge < -0.3 is 33.7 Å². The fraction of sp³-hybridized carbons (Fsp3) is 0.378. The molecule has 2 fully saturated rings. The molecular formula is C45H53B2NO9Si. The lowest BCUT2D eigenvalue weighted by Crippen LogP contribution is -2.66. The van der Waals surface area contributed by atoms with Crippen LogP contribution in [0.5, 0.6) is 0 Å². The van der Waals surface area contributed by atoms with Crippen LogP contribution in [0.4, 0.5) is 5.69 Å². The maximum Gasteiger partial charge on any atom is 0.488 e. The normalized spacial score (nSPS) is 21.4. The molecule has 0 unspecified atom stereocenters. The van der Waals surface area contributed by atoms with Crippen molar-refractivity contribution in [3.63, 3.8) is 0 Å². The van der Waals surface area contributed by atoms with Gasteiger partial charge in [-0.05, 0) is 100 Å². The monoisotopic (exact) mass is 801 g/mol. The van der Waals surface area contributed by atoms with Gasteiger partial charge in [-0.25, -0.2) is 0 Å². The number of anilines is 1. The Morgan fingerprint density at radius 3 is 2.22 bits per heavy atom. The van der Waals surface area contributed by atoms with Gasteiger partial charge in [-0.3, -0.25) is 14.5 Å². The minimum Gasteiger partial charge on any atom is -0.459 e. The summed E-state index contributed by atoms with van der Waals surface area (Å²) in [7, 11) is -5.96. The molecule has 7 rings (SSSR count). The predicted molar refractivity (Wildman–Crippen MR) is 229 cm³/mol. The van der Waals surface area contributed by atoms with Crippen LogP contribution in [0.15, 0.2) is 118 Å². The highest BCUT2D eigenvalue weighted by Crippen LogP contribution is 2.52. The van der Waals surface area contributed by atoms with Gasteiger partial charge in [-0.15, -0.1) is 0 Å². The average molecular weight is 802 g/mol. The molecule has 4 aromatic rings. The standard InChI is InChI=1S/C45H53B2NO9Si/c1-5-13-30(24-34-21-22-35(28-49)56-34)20-23-40-41-31(29-55-58(45(2,3)4,36-16-8-6-9-17-36)37-18-10-7-11-19-37)25-38-42(39(41)27-46(52)57-40)44(51)48(43(38)50)33-15-12-14-32(26-33)47(53)54/h6-12,14-19,21-22,24,26,38-40,42,49,52-54H,5,13,20,23,25,27-29H2,1-4H3/b30-24+/t38-,39+,40-,42-/m1/s1. The summed E-state index contributed by atoms with van der Waals surface area (Å²) in [6, 6.07) is 30.6. The third kappa shape index (κ3) is 8.14. The number of aliphatic hydroxyl groups is 1. The van der Waals surface area contributed by atoms with Crippen molar-refractivity contribution in [1.82, 2.24) is 0 Å². The first-order valence-electron chi connectivity index (χ1n) is 20.4. The summed E-state index contributed by atoms with van der Waals surface area (Å²) in [6.45, 7) is 8.80. The number of furan rings is 1. The number of hydrogen-bond acceptors (Lipinski definition) is 9. The largest absolute Gasteiger partial charge is 0.488 e. The summed E-state index contributed by atoms with van der Waals surface area (Å²) in [5, 5.41) is 42.7. The molecule has 0 spiro atoms. The number of carbonyl (C=O) groups excluding carboxylic acids is 2. The van der Waals surface area contributed by atoms with E-state index >= 15 is 0 Å². The van der Waals surface area contributed by atoms with Crippen molar-refractivity contribution in [2.75, 3.05) is 11.5 Å². The van der Waals surface area contributed by atoms with E-state index in [1.54, 1.807) is 18.2 Å². The molecule has 0 radical (unpaired) electrons. The van der Waals surface area contributed by atoms with Crippen LogP contribution in [0.1, 0.15) is 71.3 Å². The van der Waals surface area contributed by atoms with E-state index in [9.17, 15) is 29.8 Å². The number of nitrogens with zero attached hydrogens (tertiary/aromatic N) is 1. The fourth-order valence-corrected chi connectivity index (χ4v) is 14.1. The van der Waals surface area contributed by atoms with Crippen molar-refractivity contribution in [2.24, 2.45) is 17.8 Å². The molecule has 3 heterocycles. The van der Waals surface area contributed by atoms with E-state index in [4.69, 9.17) is 13.5 Å². The first kappa shape index (κ1) is 41.8. The number of fused-ring (bicyclic) bond motifs is 3. The van der Waals surface area contributed by atoms with Gasteiger partial charge in [0.2, 0.25) is 11.8 Å². The van der Waals surface area contributed by atoms with E-state index in [1.807, 2.05) is 48.5 Å². The molecule has 10 nitrogen and oxygen atoms in total. The van der Waals surface area contributed by atoms with Crippen LogP contribution in [-0.4, -0.2) is 67.3 Å². The molecule has 3 aromatic carbocycles. The number of amides is 2. The quantitative estimate of drug-likeness (QED) is 0.0786. The maximum absolute atomic E-state index is 14.6. The first-order chi connectivity index (χ1) is 27.9. The van der Waals surface area contributed by atoms with Crippen LogP contribution >= 0.6 is 0 Å². The number of imide groups is 1. The SMILES string of the molecule is CCC/C(=C\c1ccc(CO)o1)CC[C@H]1OB(O)C[C@H]2C1=C(CO[Si](c1ccccc1)(c1ccccc1)C(C)(C)C)C[C@H]1C(=O)N(c3cccc(B(O)O)c3)C(=O)[C@H]12. The highest BCUT2D eigenvalue weighted by molar-refractivity contribution is 6.99. The molecule has 1 aliphatic carbocycles. The number of allylic oxidation sites excluding steroid dienone is 1. The second-order valence-electron chi connectivity index (χ2n) is 16.8. The number of rotatable bonds is 14. The molecule has 2 saturated heterocycles. The van der Waals surface area contributed by atoms with Crippen LogP contribution in [0, 0.1) is 17.8 Å². The summed E-state index contributed by atoms with van der Waals surface area (Å²) < 4.78 is 19.7. The molecule has 4 atom stereocenters. The number of aliphatic hydroxyl groups excluding tert-OH is 1. The van der Waals surface area contributed by atoms with E-state index in [0.717, 1.165) is 39.9 Å². The van der Waals surface area contributed by atoms with Gasteiger partial charge in [0.1, 0.15) is 18.1 Å². The molecule has 0 bridgehead atoms. The van der Waals surface area contributed by atoms with E-state index < -0.39 is 46.4 Å². The Balaban J connectivity index is 1.31. The van der Waals surface area contributed by atoms with Crippen LogP contribution < -0.4 is 20.7 Å². The Labute approximate surface area is 342 Å². The van der Waals surface area contributed by atoms with Crippen molar-refractivity contribution in [2.45, 2.75) is 83.9 Å². The summed E-state index contributed by atoms with van der Waals surface area (Å²) in [6.07, 6.45) is 4.74. The Bertz CT molecular complexity index is 2110. The van der Waals surface area contributed by atoms with Crippen molar-refractivity contribution >= 4 is 62.0 Å². The van der Waals surface area contributed by atoms with Gasteiger partial charge in [-0.2, -0.15) is 0 Å². The molecule has 2 aliphatic heterocycles. The summed E-state index contributed by atoms with van der Waals surface area (Å²) in [4.78, 5) is 30.3. The van der Waals surface area contributed by atoms with E-state index in [-0.39, 0.29) is 54.0 Å². The minimum atomic E-state index is -3.04. The minimum absolute atomic E-state index is 0.145. The molecule has 13 heteroatoms. The Hall–Kier alpha value is -4.33. The average Bonchev–Trinajstić information content (AvgIpc) is 3.77. The van der Waals surface area contributed by atoms with Gasteiger partial charge in [0.15, 0.2) is 0 Å². The molecule has 1 aromatic heterocycles. The summed E-state index contributed by atoms with van der Waals surface area (Å²) in [5.41, 5.74) is 3.42. The molecule has 0 saturated carbocycles. The van der Waals surface area contributed by atoms with Gasteiger partial charge in [0.25, 0.3) is 8.32 Å².